The number of carbonyl (C=O) groups is 1. The van der Waals surface area contributed by atoms with Gasteiger partial charge in [0.15, 0.2) is 11.6 Å². The van der Waals surface area contributed by atoms with Gasteiger partial charge in [-0.2, -0.15) is 0 Å². The Hall–Kier alpha value is -1.73. The van der Waals surface area contributed by atoms with Crippen molar-refractivity contribution in [3.05, 3.63) is 29.3 Å². The van der Waals surface area contributed by atoms with Gasteiger partial charge in [-0.1, -0.05) is 6.42 Å². The van der Waals surface area contributed by atoms with Gasteiger partial charge in [-0.25, -0.2) is 13.8 Å². The Balaban J connectivity index is 2.17. The van der Waals surface area contributed by atoms with Crippen molar-refractivity contribution in [1.82, 2.24) is 10.4 Å². The van der Waals surface area contributed by atoms with Gasteiger partial charge in [0.2, 0.25) is 0 Å². The summed E-state index contributed by atoms with van der Waals surface area (Å²) < 4.78 is 27.3. The lowest BCUT2D eigenvalue weighted by atomic mass is 10.00. The summed E-state index contributed by atoms with van der Waals surface area (Å²) in [5, 5.41) is 1.84. The lowest BCUT2D eigenvalue weighted by molar-refractivity contribution is 0.0369. The van der Waals surface area contributed by atoms with Crippen LogP contribution in [0.15, 0.2) is 12.1 Å². The van der Waals surface area contributed by atoms with Crippen molar-refractivity contribution >= 4 is 11.6 Å². The SMILES string of the molecule is CC1CCCC(C)N1NC(=O)c1cc(F)c(NN)c(F)c1. The largest absolute Gasteiger partial charge is 0.319 e. The topological polar surface area (TPSA) is 70.4 Å². The van der Waals surface area contributed by atoms with Gasteiger partial charge in [-0.05, 0) is 38.8 Å². The second-order valence-electron chi connectivity index (χ2n) is 5.44. The second kappa shape index (κ2) is 6.36. The van der Waals surface area contributed by atoms with Crippen molar-refractivity contribution in [2.45, 2.75) is 45.2 Å². The zero-order valence-electron chi connectivity index (χ0n) is 12.1. The number of nitrogen functional groups attached to an aromatic ring is 1. The highest BCUT2D eigenvalue weighted by molar-refractivity contribution is 5.94. The minimum Gasteiger partial charge on any atom is -0.319 e. The predicted octanol–water partition coefficient (Wildman–Crippen LogP) is 2.16. The van der Waals surface area contributed by atoms with Crippen molar-refractivity contribution in [1.29, 1.82) is 0 Å². The van der Waals surface area contributed by atoms with Gasteiger partial charge in [0.1, 0.15) is 5.69 Å². The van der Waals surface area contributed by atoms with E-state index in [2.05, 4.69) is 5.43 Å². The summed E-state index contributed by atoms with van der Waals surface area (Å²) in [6, 6.07) is 2.31. The van der Waals surface area contributed by atoms with Crippen LogP contribution < -0.4 is 16.7 Å². The molecule has 5 nitrogen and oxygen atoms in total. The third-order valence-corrected chi connectivity index (χ3v) is 3.87. The molecule has 21 heavy (non-hydrogen) atoms. The highest BCUT2D eigenvalue weighted by Crippen LogP contribution is 2.22. The first kappa shape index (κ1) is 15.7. The third-order valence-electron chi connectivity index (χ3n) is 3.87. The smallest absolute Gasteiger partial charge is 0.265 e. The number of carbonyl (C=O) groups excluding carboxylic acids is 1. The predicted molar refractivity (Wildman–Crippen MR) is 76.2 cm³/mol. The van der Waals surface area contributed by atoms with Crippen molar-refractivity contribution < 1.29 is 13.6 Å². The number of amides is 1. The standard InChI is InChI=1S/C14H20F2N4O/c1-8-4-3-5-9(2)20(8)19-14(21)10-6-11(15)13(18-17)12(16)7-10/h6-9,18H,3-5,17H2,1-2H3,(H,19,21). The van der Waals surface area contributed by atoms with E-state index in [1.54, 1.807) is 0 Å². The van der Waals surface area contributed by atoms with Crippen molar-refractivity contribution in [2.24, 2.45) is 5.84 Å². The van der Waals surface area contributed by atoms with E-state index in [-0.39, 0.29) is 17.6 Å². The molecule has 1 heterocycles. The number of nitrogens with one attached hydrogen (secondary N) is 2. The molecule has 7 heteroatoms. The van der Waals surface area contributed by atoms with Gasteiger partial charge in [0.25, 0.3) is 5.91 Å². The molecule has 0 aromatic heterocycles. The first-order chi connectivity index (χ1) is 9.93. The Kier molecular flexibility index (Phi) is 4.74. The molecule has 1 aliphatic heterocycles. The average molecular weight is 298 g/mol. The number of nitrogens with two attached hydrogens (primary N) is 1. The number of hydrogen-bond donors (Lipinski definition) is 3. The summed E-state index contributed by atoms with van der Waals surface area (Å²) in [5.74, 6) is 2.69. The maximum absolute atomic E-state index is 13.6. The minimum atomic E-state index is -0.901. The fraction of sp³-hybridized carbons (Fsp3) is 0.500. The number of nitrogens with zero attached hydrogens (tertiary/aromatic N) is 1. The molecule has 1 aromatic carbocycles. The zero-order valence-corrected chi connectivity index (χ0v) is 12.1. The van der Waals surface area contributed by atoms with Crippen LogP contribution in [0.1, 0.15) is 43.5 Å². The van der Waals surface area contributed by atoms with E-state index < -0.39 is 23.2 Å². The van der Waals surface area contributed by atoms with Crippen molar-refractivity contribution in [3.63, 3.8) is 0 Å². The van der Waals surface area contributed by atoms with Crippen molar-refractivity contribution in [2.75, 3.05) is 5.43 Å². The molecule has 1 amide bonds. The molecule has 1 saturated heterocycles. The fourth-order valence-electron chi connectivity index (χ4n) is 2.67. The zero-order chi connectivity index (χ0) is 15.6. The van der Waals surface area contributed by atoms with Crippen molar-refractivity contribution in [3.8, 4) is 0 Å². The maximum Gasteiger partial charge on any atom is 0.265 e. The number of piperidine rings is 1. The Morgan fingerprint density at radius 1 is 1.24 bits per heavy atom. The molecule has 0 aliphatic carbocycles. The first-order valence-electron chi connectivity index (χ1n) is 6.99. The molecule has 2 unspecified atom stereocenters. The lowest BCUT2D eigenvalue weighted by Crippen LogP contribution is -2.54. The van der Waals surface area contributed by atoms with Crippen LogP contribution in [0.2, 0.25) is 0 Å². The molecular weight excluding hydrogens is 278 g/mol. The van der Waals surface area contributed by atoms with Crippen LogP contribution in [-0.4, -0.2) is 23.0 Å². The monoisotopic (exact) mass is 298 g/mol. The molecule has 0 radical (unpaired) electrons. The Bertz CT molecular complexity index is 505. The van der Waals surface area contributed by atoms with E-state index >= 15 is 0 Å². The highest BCUT2D eigenvalue weighted by Gasteiger charge is 2.27. The lowest BCUT2D eigenvalue weighted by Gasteiger charge is -2.38. The molecule has 2 rings (SSSR count). The molecule has 0 spiro atoms. The normalized spacial score (nSPS) is 22.9. The number of anilines is 1. The first-order valence-corrected chi connectivity index (χ1v) is 6.99. The van der Waals surface area contributed by atoms with E-state index in [4.69, 9.17) is 5.84 Å². The van der Waals surface area contributed by atoms with Crippen LogP contribution in [0.5, 0.6) is 0 Å². The maximum atomic E-state index is 13.6. The van der Waals surface area contributed by atoms with E-state index in [9.17, 15) is 13.6 Å². The number of hydrogen-bond acceptors (Lipinski definition) is 4. The molecule has 0 bridgehead atoms. The Morgan fingerprint density at radius 3 is 2.24 bits per heavy atom. The molecular formula is C14H20F2N4O. The Labute approximate surface area is 122 Å². The van der Waals surface area contributed by atoms with Gasteiger partial charge in [-0.3, -0.25) is 16.1 Å². The van der Waals surface area contributed by atoms with Gasteiger partial charge >= 0.3 is 0 Å². The van der Waals surface area contributed by atoms with Crippen LogP contribution in [-0.2, 0) is 0 Å². The quantitative estimate of drug-likeness (QED) is 0.591. The molecule has 116 valence electrons. The molecule has 1 aromatic rings. The summed E-state index contributed by atoms with van der Waals surface area (Å²) in [7, 11) is 0. The Morgan fingerprint density at radius 2 is 1.76 bits per heavy atom. The summed E-state index contributed by atoms with van der Waals surface area (Å²) in [4.78, 5) is 12.2. The van der Waals surface area contributed by atoms with Crippen LogP contribution in [0.4, 0.5) is 14.5 Å². The van der Waals surface area contributed by atoms with Gasteiger partial charge in [0, 0.05) is 17.6 Å². The average Bonchev–Trinajstić information content (AvgIpc) is 2.42. The number of halogens is 2. The third kappa shape index (κ3) is 3.30. The van der Waals surface area contributed by atoms with Gasteiger partial charge in [-0.15, -0.1) is 0 Å². The van der Waals surface area contributed by atoms with Crippen LogP contribution in [0.25, 0.3) is 0 Å². The summed E-state index contributed by atoms with van der Waals surface area (Å²) in [6.07, 6.45) is 3.06. The second-order valence-corrected chi connectivity index (χ2v) is 5.44. The van der Waals surface area contributed by atoms with Crippen LogP contribution in [0.3, 0.4) is 0 Å². The molecule has 1 fully saturated rings. The van der Waals surface area contributed by atoms with Gasteiger partial charge in [0.05, 0.1) is 0 Å². The molecule has 4 N–H and O–H groups in total. The number of hydrazine groups is 2. The summed E-state index contributed by atoms with van der Waals surface area (Å²) in [5.41, 5.74) is 4.14. The van der Waals surface area contributed by atoms with Crippen LogP contribution in [0, 0.1) is 11.6 Å². The van der Waals surface area contributed by atoms with Gasteiger partial charge < -0.3 is 5.43 Å². The summed E-state index contributed by atoms with van der Waals surface area (Å²) in [6.45, 7) is 4.02. The highest BCUT2D eigenvalue weighted by atomic mass is 19.1. The molecule has 0 saturated carbocycles. The summed E-state index contributed by atoms with van der Waals surface area (Å²) >= 11 is 0. The van der Waals surface area contributed by atoms with E-state index in [1.165, 1.54) is 0 Å². The minimum absolute atomic E-state index is 0.0750. The number of benzene rings is 1. The fourth-order valence-corrected chi connectivity index (χ4v) is 2.67. The molecule has 1 aliphatic rings. The van der Waals surface area contributed by atoms with E-state index in [0.717, 1.165) is 31.4 Å². The molecule has 2 atom stereocenters. The van der Waals surface area contributed by atoms with E-state index in [0.29, 0.717) is 0 Å². The van der Waals surface area contributed by atoms with Crippen LogP contribution >= 0.6 is 0 Å². The van der Waals surface area contributed by atoms with E-state index in [1.807, 2.05) is 24.3 Å². The number of rotatable bonds is 3.